The van der Waals surface area contributed by atoms with Gasteiger partial charge in [-0.15, -0.1) is 0 Å². The summed E-state index contributed by atoms with van der Waals surface area (Å²) in [5, 5.41) is 8.89. The quantitative estimate of drug-likeness (QED) is 0.753. The second-order valence-electron chi connectivity index (χ2n) is 3.51. The van der Waals surface area contributed by atoms with E-state index in [-0.39, 0.29) is 18.0 Å². The smallest absolute Gasteiger partial charge is 0.310 e. The average molecular weight is 235 g/mol. The van der Waals surface area contributed by atoms with E-state index in [1.807, 2.05) is 13.0 Å². The van der Waals surface area contributed by atoms with Crippen molar-refractivity contribution in [1.29, 1.82) is 5.26 Å². The van der Waals surface area contributed by atoms with Gasteiger partial charge in [0.05, 0.1) is 18.6 Å². The van der Waals surface area contributed by atoms with Crippen LogP contribution in [-0.2, 0) is 22.4 Å². The van der Waals surface area contributed by atoms with Gasteiger partial charge in [-0.1, -0.05) is 13.0 Å². The molecule has 4 heteroatoms. The summed E-state index contributed by atoms with van der Waals surface area (Å²) in [5.74, 6) is -0.908. The van der Waals surface area contributed by atoms with Crippen molar-refractivity contribution in [3.8, 4) is 6.07 Å². The first-order chi connectivity index (χ1) is 8.13. The number of nitrogens with zero attached hydrogens (tertiary/aromatic N) is 1. The van der Waals surface area contributed by atoms with Gasteiger partial charge in [-0.05, 0) is 30.5 Å². The molecule has 1 aromatic carbocycles. The standard InChI is InChI=1S/C13H14FNO2/c1-3-10-9(7-13(16)17-4-2)5-6-12(14)11(10)8-15/h5-6H,3-4,7H2,1-2H3. The van der Waals surface area contributed by atoms with Crippen LogP contribution in [0.3, 0.4) is 0 Å². The van der Waals surface area contributed by atoms with E-state index in [2.05, 4.69) is 0 Å². The highest BCUT2D eigenvalue weighted by Gasteiger charge is 2.14. The van der Waals surface area contributed by atoms with Crippen LogP contribution in [-0.4, -0.2) is 12.6 Å². The summed E-state index contributed by atoms with van der Waals surface area (Å²) in [7, 11) is 0. The zero-order valence-electron chi connectivity index (χ0n) is 9.92. The van der Waals surface area contributed by atoms with Crippen LogP contribution in [0.25, 0.3) is 0 Å². The highest BCUT2D eigenvalue weighted by Crippen LogP contribution is 2.19. The molecule has 0 bridgehead atoms. The molecule has 0 atom stereocenters. The molecule has 0 unspecified atom stereocenters. The van der Waals surface area contributed by atoms with Crippen LogP contribution >= 0.6 is 0 Å². The summed E-state index contributed by atoms with van der Waals surface area (Å²) < 4.78 is 18.2. The molecule has 0 saturated heterocycles. The maximum absolute atomic E-state index is 13.4. The highest BCUT2D eigenvalue weighted by atomic mass is 19.1. The predicted molar refractivity (Wildman–Crippen MR) is 60.8 cm³/mol. The van der Waals surface area contributed by atoms with E-state index in [1.165, 1.54) is 12.1 Å². The Bertz CT molecular complexity index is 463. The van der Waals surface area contributed by atoms with E-state index in [1.54, 1.807) is 6.92 Å². The third kappa shape index (κ3) is 3.04. The fraction of sp³-hybridized carbons (Fsp3) is 0.385. The van der Waals surface area contributed by atoms with Gasteiger partial charge in [-0.3, -0.25) is 4.79 Å². The lowest BCUT2D eigenvalue weighted by molar-refractivity contribution is -0.142. The maximum atomic E-state index is 13.4. The number of hydrogen-bond acceptors (Lipinski definition) is 3. The van der Waals surface area contributed by atoms with Gasteiger partial charge in [-0.25, -0.2) is 4.39 Å². The summed E-state index contributed by atoms with van der Waals surface area (Å²) >= 11 is 0. The van der Waals surface area contributed by atoms with Crippen molar-refractivity contribution < 1.29 is 13.9 Å². The van der Waals surface area contributed by atoms with Crippen LogP contribution in [0.2, 0.25) is 0 Å². The Morgan fingerprint density at radius 3 is 2.71 bits per heavy atom. The first-order valence-corrected chi connectivity index (χ1v) is 5.50. The molecule has 0 spiro atoms. The van der Waals surface area contributed by atoms with E-state index in [0.717, 1.165) is 0 Å². The second-order valence-corrected chi connectivity index (χ2v) is 3.51. The van der Waals surface area contributed by atoms with Crippen molar-refractivity contribution in [1.82, 2.24) is 0 Å². The van der Waals surface area contributed by atoms with Crippen LogP contribution in [0.15, 0.2) is 12.1 Å². The summed E-state index contributed by atoms with van der Waals surface area (Å²) in [4.78, 5) is 11.4. The van der Waals surface area contributed by atoms with Gasteiger partial charge in [0, 0.05) is 0 Å². The Hall–Kier alpha value is -1.89. The minimum absolute atomic E-state index is 0.0225. The number of rotatable bonds is 4. The van der Waals surface area contributed by atoms with Crippen LogP contribution in [0.1, 0.15) is 30.5 Å². The molecule has 1 rings (SSSR count). The first-order valence-electron chi connectivity index (χ1n) is 5.50. The number of hydrogen-bond donors (Lipinski definition) is 0. The summed E-state index contributed by atoms with van der Waals surface area (Å²) in [6, 6.07) is 4.58. The van der Waals surface area contributed by atoms with Gasteiger partial charge < -0.3 is 4.74 Å². The minimum Gasteiger partial charge on any atom is -0.466 e. The number of carbonyl (C=O) groups excluding carboxylic acids is 1. The number of benzene rings is 1. The average Bonchev–Trinajstić information content (AvgIpc) is 2.31. The molecule has 0 N–H and O–H groups in total. The number of esters is 1. The molecule has 0 aromatic heterocycles. The monoisotopic (exact) mass is 235 g/mol. The van der Waals surface area contributed by atoms with Crippen molar-refractivity contribution in [2.45, 2.75) is 26.7 Å². The van der Waals surface area contributed by atoms with E-state index >= 15 is 0 Å². The molecule has 0 aliphatic rings. The third-order valence-corrected chi connectivity index (χ3v) is 2.46. The van der Waals surface area contributed by atoms with Crippen LogP contribution in [0.5, 0.6) is 0 Å². The summed E-state index contributed by atoms with van der Waals surface area (Å²) in [6.07, 6.45) is 0.585. The molecule has 0 heterocycles. The molecule has 1 aromatic rings. The molecule has 0 fully saturated rings. The Labute approximate surface area is 99.8 Å². The SMILES string of the molecule is CCOC(=O)Cc1ccc(F)c(C#N)c1CC. The van der Waals surface area contributed by atoms with Gasteiger partial charge in [0.25, 0.3) is 0 Å². The van der Waals surface area contributed by atoms with Gasteiger partial charge in [0.2, 0.25) is 0 Å². The number of carbonyl (C=O) groups is 1. The van der Waals surface area contributed by atoms with Crippen molar-refractivity contribution in [2.75, 3.05) is 6.61 Å². The molecule has 0 saturated carbocycles. The van der Waals surface area contributed by atoms with Crippen molar-refractivity contribution in [2.24, 2.45) is 0 Å². The van der Waals surface area contributed by atoms with Crippen molar-refractivity contribution in [3.63, 3.8) is 0 Å². The Morgan fingerprint density at radius 1 is 1.47 bits per heavy atom. The van der Waals surface area contributed by atoms with Crippen LogP contribution in [0, 0.1) is 17.1 Å². The minimum atomic E-state index is -0.544. The van der Waals surface area contributed by atoms with Crippen LogP contribution < -0.4 is 0 Å². The maximum Gasteiger partial charge on any atom is 0.310 e. The molecule has 0 aliphatic carbocycles. The third-order valence-electron chi connectivity index (χ3n) is 2.46. The molecule has 0 amide bonds. The Morgan fingerprint density at radius 2 is 2.18 bits per heavy atom. The Balaban J connectivity index is 3.09. The normalized spacial score (nSPS) is 9.76. The van der Waals surface area contributed by atoms with Crippen molar-refractivity contribution >= 4 is 5.97 Å². The molecule has 3 nitrogen and oxygen atoms in total. The van der Waals surface area contributed by atoms with E-state index in [4.69, 9.17) is 10.00 Å². The first kappa shape index (κ1) is 13.2. The highest BCUT2D eigenvalue weighted by molar-refractivity contribution is 5.73. The summed E-state index contributed by atoms with van der Waals surface area (Å²) in [6.45, 7) is 3.86. The van der Waals surface area contributed by atoms with Crippen molar-refractivity contribution in [3.05, 3.63) is 34.6 Å². The lowest BCUT2D eigenvalue weighted by atomic mass is 9.97. The molecule has 0 aliphatic heterocycles. The van der Waals surface area contributed by atoms with E-state index < -0.39 is 5.82 Å². The largest absolute Gasteiger partial charge is 0.466 e. The number of ether oxygens (including phenoxy) is 1. The topological polar surface area (TPSA) is 50.1 Å². The fourth-order valence-corrected chi connectivity index (χ4v) is 1.72. The van der Waals surface area contributed by atoms with Crippen LogP contribution in [0.4, 0.5) is 4.39 Å². The van der Waals surface area contributed by atoms with E-state index in [0.29, 0.717) is 24.2 Å². The van der Waals surface area contributed by atoms with E-state index in [9.17, 15) is 9.18 Å². The molecule has 17 heavy (non-hydrogen) atoms. The predicted octanol–water partition coefficient (Wildman–Crippen LogP) is 2.37. The van der Waals surface area contributed by atoms with Gasteiger partial charge in [0.15, 0.2) is 0 Å². The number of halogens is 1. The zero-order chi connectivity index (χ0) is 12.8. The second kappa shape index (κ2) is 6.00. The Kier molecular flexibility index (Phi) is 4.65. The fourth-order valence-electron chi connectivity index (χ4n) is 1.72. The molecular weight excluding hydrogens is 221 g/mol. The van der Waals surface area contributed by atoms with Gasteiger partial charge in [-0.2, -0.15) is 5.26 Å². The lowest BCUT2D eigenvalue weighted by Crippen LogP contribution is -2.10. The molecule has 90 valence electrons. The molecule has 0 radical (unpaired) electrons. The number of nitriles is 1. The van der Waals surface area contributed by atoms with Gasteiger partial charge in [0.1, 0.15) is 11.9 Å². The lowest BCUT2D eigenvalue weighted by Gasteiger charge is -2.09. The van der Waals surface area contributed by atoms with Gasteiger partial charge >= 0.3 is 5.97 Å². The molecular formula is C13H14FNO2. The zero-order valence-corrected chi connectivity index (χ0v) is 9.92. The summed E-state index contributed by atoms with van der Waals surface area (Å²) in [5.41, 5.74) is 1.26.